The Morgan fingerprint density at radius 2 is 2.00 bits per heavy atom. The first-order valence-electron chi connectivity index (χ1n) is 5.87. The van der Waals surface area contributed by atoms with Crippen molar-refractivity contribution in [1.82, 2.24) is 9.97 Å². The molecule has 1 N–H and O–H groups in total. The molecule has 0 aliphatic carbocycles. The standard InChI is InChI=1S/C11H14F3N3OS/c1-15-8-6-9(17-10(16-8)11(12,13)14)19-7-2-4-18-5-3-7/h6-7H,2-5H2,1H3,(H,15,16,17). The molecule has 0 bridgehead atoms. The summed E-state index contributed by atoms with van der Waals surface area (Å²) in [6, 6.07) is 1.54. The second-order valence-electron chi connectivity index (χ2n) is 4.09. The van der Waals surface area contributed by atoms with Crippen LogP contribution in [0.1, 0.15) is 18.7 Å². The summed E-state index contributed by atoms with van der Waals surface area (Å²) in [6.45, 7) is 1.29. The molecule has 1 aliphatic rings. The average molecular weight is 293 g/mol. The van der Waals surface area contributed by atoms with Gasteiger partial charge in [-0.05, 0) is 12.8 Å². The molecule has 1 aromatic rings. The highest BCUT2D eigenvalue weighted by Crippen LogP contribution is 2.33. The maximum absolute atomic E-state index is 12.7. The van der Waals surface area contributed by atoms with E-state index in [0.29, 0.717) is 18.2 Å². The van der Waals surface area contributed by atoms with Gasteiger partial charge in [-0.25, -0.2) is 9.97 Å². The van der Waals surface area contributed by atoms with Crippen molar-refractivity contribution in [3.63, 3.8) is 0 Å². The van der Waals surface area contributed by atoms with Crippen LogP contribution >= 0.6 is 11.8 Å². The third-order valence-corrected chi connectivity index (χ3v) is 3.92. The Morgan fingerprint density at radius 1 is 1.32 bits per heavy atom. The Bertz CT molecular complexity index is 436. The molecule has 0 amide bonds. The maximum atomic E-state index is 12.7. The third kappa shape index (κ3) is 3.97. The zero-order chi connectivity index (χ0) is 13.9. The minimum Gasteiger partial charge on any atom is -0.381 e. The van der Waals surface area contributed by atoms with Gasteiger partial charge in [0.1, 0.15) is 10.8 Å². The van der Waals surface area contributed by atoms with Gasteiger partial charge in [0, 0.05) is 31.6 Å². The van der Waals surface area contributed by atoms with Crippen molar-refractivity contribution in [2.75, 3.05) is 25.6 Å². The minimum absolute atomic E-state index is 0.178. The van der Waals surface area contributed by atoms with Crippen LogP contribution in [-0.2, 0) is 10.9 Å². The summed E-state index contributed by atoms with van der Waals surface area (Å²) >= 11 is 1.35. The molecule has 2 heterocycles. The predicted octanol–water partition coefficient (Wildman–Crippen LogP) is 2.81. The van der Waals surface area contributed by atoms with Gasteiger partial charge in [0.2, 0.25) is 5.82 Å². The molecule has 0 spiro atoms. The van der Waals surface area contributed by atoms with Gasteiger partial charge in [0.05, 0.1) is 0 Å². The second kappa shape index (κ2) is 5.96. The number of aromatic nitrogens is 2. The summed E-state index contributed by atoms with van der Waals surface area (Å²) in [7, 11) is 1.53. The van der Waals surface area contributed by atoms with Gasteiger partial charge >= 0.3 is 6.18 Å². The van der Waals surface area contributed by atoms with E-state index >= 15 is 0 Å². The van der Waals surface area contributed by atoms with Gasteiger partial charge in [-0.1, -0.05) is 0 Å². The fourth-order valence-corrected chi connectivity index (χ4v) is 2.79. The number of alkyl halides is 3. The van der Waals surface area contributed by atoms with Crippen molar-refractivity contribution in [2.24, 2.45) is 0 Å². The van der Waals surface area contributed by atoms with Gasteiger partial charge < -0.3 is 10.1 Å². The summed E-state index contributed by atoms with van der Waals surface area (Å²) in [5.74, 6) is -0.925. The van der Waals surface area contributed by atoms with Crippen molar-refractivity contribution in [2.45, 2.75) is 29.3 Å². The number of ether oxygens (including phenoxy) is 1. The first-order chi connectivity index (χ1) is 8.99. The lowest BCUT2D eigenvalue weighted by Gasteiger charge is -2.21. The summed E-state index contributed by atoms with van der Waals surface area (Å²) < 4.78 is 43.3. The van der Waals surface area contributed by atoms with E-state index in [-0.39, 0.29) is 11.1 Å². The monoisotopic (exact) mass is 293 g/mol. The number of nitrogens with zero attached hydrogens (tertiary/aromatic N) is 2. The van der Waals surface area contributed by atoms with Crippen molar-refractivity contribution < 1.29 is 17.9 Å². The lowest BCUT2D eigenvalue weighted by atomic mass is 10.2. The molecule has 0 unspecified atom stereocenters. The SMILES string of the molecule is CNc1cc(SC2CCOCC2)nc(C(F)(F)F)n1. The van der Waals surface area contributed by atoms with E-state index in [0.717, 1.165) is 12.8 Å². The summed E-state index contributed by atoms with van der Waals surface area (Å²) in [4.78, 5) is 7.02. The van der Waals surface area contributed by atoms with E-state index in [4.69, 9.17) is 4.74 Å². The van der Waals surface area contributed by atoms with Crippen molar-refractivity contribution in [1.29, 1.82) is 0 Å². The minimum atomic E-state index is -4.53. The highest BCUT2D eigenvalue weighted by Gasteiger charge is 2.35. The fraction of sp³-hybridized carbons (Fsp3) is 0.636. The molecule has 0 aromatic carbocycles. The predicted molar refractivity (Wildman–Crippen MR) is 66.3 cm³/mol. The number of halogens is 3. The quantitative estimate of drug-likeness (QED) is 0.868. The molecule has 1 saturated heterocycles. The van der Waals surface area contributed by atoms with E-state index in [1.54, 1.807) is 0 Å². The Morgan fingerprint density at radius 3 is 2.58 bits per heavy atom. The van der Waals surface area contributed by atoms with Crippen LogP contribution < -0.4 is 5.32 Å². The number of hydrogen-bond donors (Lipinski definition) is 1. The van der Waals surface area contributed by atoms with Crippen molar-refractivity contribution in [3.8, 4) is 0 Å². The normalized spacial score (nSPS) is 17.5. The van der Waals surface area contributed by atoms with Crippen molar-refractivity contribution in [3.05, 3.63) is 11.9 Å². The van der Waals surface area contributed by atoms with Crippen molar-refractivity contribution >= 4 is 17.6 Å². The number of hydrogen-bond acceptors (Lipinski definition) is 5. The average Bonchev–Trinajstić information content (AvgIpc) is 2.38. The smallest absolute Gasteiger partial charge is 0.381 e. The molecule has 0 atom stereocenters. The molecule has 19 heavy (non-hydrogen) atoms. The zero-order valence-electron chi connectivity index (χ0n) is 10.3. The van der Waals surface area contributed by atoms with Gasteiger partial charge in [0.15, 0.2) is 0 Å². The highest BCUT2D eigenvalue weighted by molar-refractivity contribution is 7.99. The Hall–Kier alpha value is -1.02. The van der Waals surface area contributed by atoms with Crippen LogP contribution in [0.2, 0.25) is 0 Å². The van der Waals surface area contributed by atoms with E-state index in [2.05, 4.69) is 15.3 Å². The Labute approximate surface area is 113 Å². The molecule has 4 nitrogen and oxygen atoms in total. The molecular formula is C11H14F3N3OS. The maximum Gasteiger partial charge on any atom is 0.451 e. The molecule has 2 rings (SSSR count). The van der Waals surface area contributed by atoms with Gasteiger partial charge in [-0.15, -0.1) is 11.8 Å². The highest BCUT2D eigenvalue weighted by atomic mass is 32.2. The van der Waals surface area contributed by atoms with E-state index < -0.39 is 12.0 Å². The first kappa shape index (κ1) is 14.4. The largest absolute Gasteiger partial charge is 0.451 e. The molecule has 1 fully saturated rings. The summed E-state index contributed by atoms with van der Waals surface area (Å²) in [5.41, 5.74) is 0. The van der Waals surface area contributed by atoms with Gasteiger partial charge in [0.25, 0.3) is 0 Å². The van der Waals surface area contributed by atoms with Crippen LogP contribution in [0.5, 0.6) is 0 Å². The number of rotatable bonds is 3. The summed E-state index contributed by atoms with van der Waals surface area (Å²) in [6.07, 6.45) is -2.88. The first-order valence-corrected chi connectivity index (χ1v) is 6.75. The number of thioether (sulfide) groups is 1. The number of anilines is 1. The molecule has 1 aromatic heterocycles. The molecule has 8 heteroatoms. The van der Waals surface area contributed by atoms with Crippen LogP contribution in [0.25, 0.3) is 0 Å². The molecule has 106 valence electrons. The van der Waals surface area contributed by atoms with Crippen LogP contribution in [0.3, 0.4) is 0 Å². The van der Waals surface area contributed by atoms with Crippen LogP contribution in [0.15, 0.2) is 11.1 Å². The third-order valence-electron chi connectivity index (χ3n) is 2.67. The van der Waals surface area contributed by atoms with Gasteiger partial charge in [-0.3, -0.25) is 0 Å². The second-order valence-corrected chi connectivity index (χ2v) is 5.41. The molecule has 0 saturated carbocycles. The zero-order valence-corrected chi connectivity index (χ0v) is 11.1. The van der Waals surface area contributed by atoms with Crippen LogP contribution in [-0.4, -0.2) is 35.5 Å². The van der Waals surface area contributed by atoms with Crippen LogP contribution in [0, 0.1) is 0 Å². The van der Waals surface area contributed by atoms with E-state index in [1.165, 1.54) is 24.9 Å². The molecular weight excluding hydrogens is 279 g/mol. The van der Waals surface area contributed by atoms with E-state index in [9.17, 15) is 13.2 Å². The Kier molecular flexibility index (Phi) is 4.51. The van der Waals surface area contributed by atoms with Crippen LogP contribution in [0.4, 0.5) is 19.0 Å². The molecule has 0 radical (unpaired) electrons. The molecule has 1 aliphatic heterocycles. The Balaban J connectivity index is 2.19. The lowest BCUT2D eigenvalue weighted by molar-refractivity contribution is -0.145. The number of nitrogens with one attached hydrogen (secondary N) is 1. The topological polar surface area (TPSA) is 47.0 Å². The van der Waals surface area contributed by atoms with Gasteiger partial charge in [-0.2, -0.15) is 13.2 Å². The fourth-order valence-electron chi connectivity index (χ4n) is 1.70. The lowest BCUT2D eigenvalue weighted by Crippen LogP contribution is -2.18. The summed E-state index contributed by atoms with van der Waals surface area (Å²) in [5, 5.41) is 3.22. The van der Waals surface area contributed by atoms with E-state index in [1.807, 2.05) is 0 Å².